The Morgan fingerprint density at radius 1 is 0.483 bits per heavy atom. The molecule has 138 valence electrons. The van der Waals surface area contributed by atoms with Gasteiger partial charge in [-0.15, -0.1) is 11.8 Å². The number of rotatable bonds is 0. The number of thioether (sulfide) groups is 1. The molecule has 3 heterocycles. The SMILES string of the molecule is c1ccc2c(c1)Oc1ccccc1C21SC12c1ccccc1Sc1ccccc12. The van der Waals surface area contributed by atoms with Crippen LogP contribution in [0.4, 0.5) is 0 Å². The Balaban J connectivity index is 1.62. The van der Waals surface area contributed by atoms with Crippen molar-refractivity contribution >= 4 is 23.5 Å². The topological polar surface area (TPSA) is 9.23 Å². The van der Waals surface area contributed by atoms with Crippen LogP contribution in [0.2, 0.25) is 0 Å². The van der Waals surface area contributed by atoms with Crippen LogP contribution in [0.5, 0.6) is 11.5 Å². The summed E-state index contributed by atoms with van der Waals surface area (Å²) in [7, 11) is 0. The van der Waals surface area contributed by atoms with Crippen LogP contribution < -0.4 is 4.74 Å². The van der Waals surface area contributed by atoms with Crippen molar-refractivity contribution in [2.24, 2.45) is 0 Å². The van der Waals surface area contributed by atoms with Crippen molar-refractivity contribution in [1.29, 1.82) is 0 Å². The van der Waals surface area contributed by atoms with Gasteiger partial charge in [-0.2, -0.15) is 0 Å². The third-order valence-corrected chi connectivity index (χ3v) is 9.32. The fourth-order valence-electron chi connectivity index (χ4n) is 5.10. The fraction of sp³-hybridized carbons (Fsp3) is 0.0769. The average Bonchev–Trinajstić information content (AvgIpc) is 3.45. The van der Waals surface area contributed by atoms with Gasteiger partial charge in [0.25, 0.3) is 0 Å². The molecule has 0 atom stereocenters. The van der Waals surface area contributed by atoms with Crippen LogP contribution in [0.1, 0.15) is 22.3 Å². The van der Waals surface area contributed by atoms with E-state index in [1.165, 1.54) is 32.0 Å². The maximum absolute atomic E-state index is 6.34. The van der Waals surface area contributed by atoms with Crippen LogP contribution in [0.3, 0.4) is 0 Å². The van der Waals surface area contributed by atoms with Crippen molar-refractivity contribution in [2.75, 3.05) is 0 Å². The quantitative estimate of drug-likeness (QED) is 0.285. The molecule has 0 radical (unpaired) electrons. The molecule has 1 fully saturated rings. The molecule has 0 bridgehead atoms. The largest absolute Gasteiger partial charge is 0.457 e. The van der Waals surface area contributed by atoms with E-state index in [0.29, 0.717) is 0 Å². The lowest BCUT2D eigenvalue weighted by Crippen LogP contribution is -2.30. The van der Waals surface area contributed by atoms with E-state index in [9.17, 15) is 0 Å². The number of fused-ring (bicyclic) bond motifs is 9. The molecule has 3 aliphatic rings. The van der Waals surface area contributed by atoms with Crippen LogP contribution in [-0.2, 0) is 9.49 Å². The van der Waals surface area contributed by atoms with E-state index in [2.05, 4.69) is 109 Å². The third kappa shape index (κ3) is 1.86. The van der Waals surface area contributed by atoms with Crippen LogP contribution in [-0.4, -0.2) is 0 Å². The summed E-state index contributed by atoms with van der Waals surface area (Å²) in [4.78, 5) is 2.72. The smallest absolute Gasteiger partial charge is 0.132 e. The summed E-state index contributed by atoms with van der Waals surface area (Å²) >= 11 is 3.95. The lowest BCUT2D eigenvalue weighted by atomic mass is 9.72. The molecule has 0 aliphatic carbocycles. The molecule has 4 aromatic carbocycles. The normalized spacial score (nSPS) is 18.2. The number of hydrogen-bond acceptors (Lipinski definition) is 3. The molecule has 29 heavy (non-hydrogen) atoms. The molecular formula is C26H16OS2. The molecule has 2 spiro atoms. The molecule has 3 heteroatoms. The minimum atomic E-state index is -0.175. The van der Waals surface area contributed by atoms with Gasteiger partial charge in [0.2, 0.25) is 0 Å². The van der Waals surface area contributed by atoms with Crippen LogP contribution in [0.15, 0.2) is 107 Å². The van der Waals surface area contributed by atoms with E-state index >= 15 is 0 Å². The van der Waals surface area contributed by atoms with Crippen molar-refractivity contribution in [3.8, 4) is 11.5 Å². The van der Waals surface area contributed by atoms with Crippen molar-refractivity contribution in [3.05, 3.63) is 119 Å². The van der Waals surface area contributed by atoms with Crippen LogP contribution in [0.25, 0.3) is 0 Å². The highest BCUT2D eigenvalue weighted by Gasteiger charge is 2.76. The molecule has 4 aromatic rings. The van der Waals surface area contributed by atoms with Crippen molar-refractivity contribution in [1.82, 2.24) is 0 Å². The molecule has 1 saturated heterocycles. The van der Waals surface area contributed by atoms with Gasteiger partial charge in [0.15, 0.2) is 0 Å². The van der Waals surface area contributed by atoms with Crippen LogP contribution in [0, 0.1) is 0 Å². The summed E-state index contributed by atoms with van der Waals surface area (Å²) < 4.78 is 6.03. The molecule has 3 aliphatic heterocycles. The first kappa shape index (κ1) is 16.2. The van der Waals surface area contributed by atoms with E-state index in [0.717, 1.165) is 11.5 Å². The molecule has 0 saturated carbocycles. The second-order valence-electron chi connectivity index (χ2n) is 7.65. The van der Waals surface area contributed by atoms with Gasteiger partial charge in [-0.05, 0) is 35.4 Å². The Bertz CT molecular complexity index is 1120. The summed E-state index contributed by atoms with van der Waals surface area (Å²) in [5, 5.41) is 0. The number of hydrogen-bond donors (Lipinski definition) is 0. The summed E-state index contributed by atoms with van der Waals surface area (Å²) in [6.07, 6.45) is 0. The fourth-order valence-corrected chi connectivity index (χ4v) is 8.40. The molecule has 0 amide bonds. The number of benzene rings is 4. The van der Waals surface area contributed by atoms with E-state index in [4.69, 9.17) is 4.74 Å². The summed E-state index contributed by atoms with van der Waals surface area (Å²) in [6, 6.07) is 35.0. The Hall–Kier alpha value is -2.62. The Morgan fingerprint density at radius 2 is 0.897 bits per heavy atom. The van der Waals surface area contributed by atoms with Crippen molar-refractivity contribution in [2.45, 2.75) is 19.3 Å². The first-order valence-corrected chi connectivity index (χ1v) is 11.4. The van der Waals surface area contributed by atoms with E-state index in [1.807, 2.05) is 11.8 Å². The molecule has 0 unspecified atom stereocenters. The van der Waals surface area contributed by atoms with Gasteiger partial charge < -0.3 is 4.74 Å². The van der Waals surface area contributed by atoms with Crippen molar-refractivity contribution in [3.63, 3.8) is 0 Å². The zero-order valence-corrected chi connectivity index (χ0v) is 17.1. The van der Waals surface area contributed by atoms with Gasteiger partial charge in [0.05, 0.1) is 9.49 Å². The number of para-hydroxylation sites is 2. The summed E-state index contributed by atoms with van der Waals surface area (Å²) in [5.41, 5.74) is 5.39. The van der Waals surface area contributed by atoms with Crippen molar-refractivity contribution < 1.29 is 4.74 Å². The second-order valence-corrected chi connectivity index (χ2v) is 10.2. The maximum Gasteiger partial charge on any atom is 0.132 e. The van der Waals surface area contributed by atoms with Gasteiger partial charge in [-0.1, -0.05) is 84.6 Å². The predicted octanol–water partition coefficient (Wildman–Crippen LogP) is 7.19. The third-order valence-electron chi connectivity index (χ3n) is 6.27. The number of ether oxygens (including phenoxy) is 1. The van der Waals surface area contributed by atoms with Gasteiger partial charge in [0.1, 0.15) is 11.5 Å². The minimum absolute atomic E-state index is 0.137. The first-order valence-electron chi connectivity index (χ1n) is 9.78. The lowest BCUT2D eigenvalue weighted by molar-refractivity contribution is 0.435. The Kier molecular flexibility index (Phi) is 3.07. The van der Waals surface area contributed by atoms with Gasteiger partial charge in [-0.25, -0.2) is 0 Å². The van der Waals surface area contributed by atoms with E-state index < -0.39 is 0 Å². The highest BCUT2D eigenvalue weighted by molar-refractivity contribution is 8.09. The zero-order chi connectivity index (χ0) is 19.1. The lowest BCUT2D eigenvalue weighted by Gasteiger charge is -2.35. The van der Waals surface area contributed by atoms with Gasteiger partial charge in [-0.3, -0.25) is 0 Å². The highest BCUT2D eigenvalue weighted by Crippen LogP contribution is 2.85. The summed E-state index contributed by atoms with van der Waals surface area (Å²) in [5.74, 6) is 1.95. The highest BCUT2D eigenvalue weighted by atomic mass is 32.2. The molecular weight excluding hydrogens is 392 g/mol. The van der Waals surface area contributed by atoms with Gasteiger partial charge >= 0.3 is 0 Å². The second kappa shape index (κ2) is 5.50. The van der Waals surface area contributed by atoms with Gasteiger partial charge in [0, 0.05) is 20.9 Å². The molecule has 7 rings (SSSR count). The summed E-state index contributed by atoms with van der Waals surface area (Å²) in [6.45, 7) is 0. The minimum Gasteiger partial charge on any atom is -0.457 e. The van der Waals surface area contributed by atoms with Crippen LogP contribution >= 0.6 is 23.5 Å². The predicted molar refractivity (Wildman–Crippen MR) is 119 cm³/mol. The Labute approximate surface area is 178 Å². The van der Waals surface area contributed by atoms with E-state index in [1.54, 1.807) is 0 Å². The Morgan fingerprint density at radius 3 is 1.45 bits per heavy atom. The standard InChI is InChI=1S/C26H16OS2/c1-5-13-21-17(9-1)25(18-10-2-6-14-22(18)27-21)26(29-25)19-11-3-7-15-23(19)28-24-16-8-4-12-20(24)26/h1-16H. The van der Waals surface area contributed by atoms with E-state index in [-0.39, 0.29) is 9.49 Å². The first-order chi connectivity index (χ1) is 14.3. The zero-order valence-electron chi connectivity index (χ0n) is 15.5. The maximum atomic E-state index is 6.34. The molecule has 0 N–H and O–H groups in total. The monoisotopic (exact) mass is 408 g/mol. The molecule has 0 aromatic heterocycles. The average molecular weight is 409 g/mol. The molecule has 1 nitrogen and oxygen atoms in total.